The van der Waals surface area contributed by atoms with Crippen LogP contribution < -0.4 is 0 Å². The van der Waals surface area contributed by atoms with Gasteiger partial charge in [0, 0.05) is 19.8 Å². The van der Waals surface area contributed by atoms with Crippen LogP contribution >= 0.6 is 11.8 Å². The molecule has 0 aliphatic carbocycles. The lowest BCUT2D eigenvalue weighted by Crippen LogP contribution is -2.14. The molecule has 16 heavy (non-hydrogen) atoms. The molecule has 0 fully saturated rings. The Hall–Kier alpha value is -0.320. The highest BCUT2D eigenvalue weighted by Gasteiger charge is 2.24. The molecule has 0 rings (SSSR count). The maximum Gasteiger partial charge on any atom is 0.303 e. The van der Waals surface area contributed by atoms with E-state index >= 15 is 0 Å². The Morgan fingerprint density at radius 2 is 2.06 bits per heavy atom. The molecule has 0 saturated carbocycles. The molecular weight excluding hydrogens is 234 g/mol. The highest BCUT2D eigenvalue weighted by atomic mass is 32.2. The number of rotatable bonds is 8. The molecular formula is C11H20F2O2S. The van der Waals surface area contributed by atoms with Crippen LogP contribution in [0.25, 0.3) is 0 Å². The van der Waals surface area contributed by atoms with Crippen molar-refractivity contribution in [3.63, 3.8) is 0 Å². The second-order valence-corrected chi connectivity index (χ2v) is 5.12. The van der Waals surface area contributed by atoms with Gasteiger partial charge in [0.25, 0.3) is 0 Å². The smallest absolute Gasteiger partial charge is 0.303 e. The lowest BCUT2D eigenvalue weighted by molar-refractivity contribution is -0.141. The molecule has 0 aromatic heterocycles. The molecule has 0 aliphatic rings. The number of hydrogen-bond acceptors (Lipinski definition) is 3. The first-order chi connectivity index (χ1) is 7.37. The van der Waals surface area contributed by atoms with Gasteiger partial charge in [-0.05, 0) is 25.5 Å². The van der Waals surface area contributed by atoms with Crippen molar-refractivity contribution >= 4 is 17.7 Å². The molecule has 5 heteroatoms. The van der Waals surface area contributed by atoms with E-state index in [1.165, 1.54) is 25.6 Å². The second-order valence-electron chi connectivity index (χ2n) is 3.71. The molecule has 0 spiro atoms. The fraction of sp³-hybridized carbons (Fsp3) is 0.909. The predicted octanol–water partition coefficient (Wildman–Crippen LogP) is 3.84. The summed E-state index contributed by atoms with van der Waals surface area (Å²) in [6, 6.07) is 0. The third-order valence-electron chi connectivity index (χ3n) is 2.14. The minimum Gasteiger partial charge on any atom is -0.452 e. The molecule has 0 N–H and O–H groups in total. The van der Waals surface area contributed by atoms with Gasteiger partial charge in [-0.25, -0.2) is 8.78 Å². The summed E-state index contributed by atoms with van der Waals surface area (Å²) in [5.41, 5.74) is -0.191. The minimum absolute atomic E-state index is 0.0496. The van der Waals surface area contributed by atoms with Crippen molar-refractivity contribution in [2.24, 2.45) is 0 Å². The van der Waals surface area contributed by atoms with Crippen LogP contribution in [0, 0.1) is 0 Å². The fourth-order valence-electron chi connectivity index (χ4n) is 1.18. The standard InChI is InChI=1S/C11H20F2O2S/c1-4-11(12,13)7-5-6-8-16-10(3)15-9(2)14/h10H,4-8H2,1-3H3. The number of alkyl halides is 2. The van der Waals surface area contributed by atoms with E-state index in [0.29, 0.717) is 6.42 Å². The molecule has 0 aliphatic heterocycles. The molecule has 0 bridgehead atoms. The van der Waals surface area contributed by atoms with Crippen LogP contribution in [0.4, 0.5) is 8.78 Å². The van der Waals surface area contributed by atoms with Crippen molar-refractivity contribution in [1.82, 2.24) is 0 Å². The number of carbonyl (C=O) groups is 1. The first kappa shape index (κ1) is 15.7. The van der Waals surface area contributed by atoms with Crippen molar-refractivity contribution in [1.29, 1.82) is 0 Å². The third kappa shape index (κ3) is 8.95. The maximum absolute atomic E-state index is 12.8. The Morgan fingerprint density at radius 3 is 2.56 bits per heavy atom. The van der Waals surface area contributed by atoms with E-state index in [-0.39, 0.29) is 24.2 Å². The van der Waals surface area contributed by atoms with Gasteiger partial charge in [0.1, 0.15) is 5.44 Å². The maximum atomic E-state index is 12.8. The third-order valence-corrected chi connectivity index (χ3v) is 3.23. The van der Waals surface area contributed by atoms with E-state index in [9.17, 15) is 13.6 Å². The molecule has 0 aromatic rings. The molecule has 0 saturated heterocycles. The summed E-state index contributed by atoms with van der Waals surface area (Å²) < 4.78 is 30.6. The molecule has 0 aromatic carbocycles. The summed E-state index contributed by atoms with van der Waals surface area (Å²) in [5, 5.41) is 0. The monoisotopic (exact) mass is 254 g/mol. The van der Waals surface area contributed by atoms with E-state index < -0.39 is 5.92 Å². The predicted molar refractivity (Wildman–Crippen MR) is 62.8 cm³/mol. The van der Waals surface area contributed by atoms with Gasteiger partial charge >= 0.3 is 5.97 Å². The number of thioether (sulfide) groups is 1. The van der Waals surface area contributed by atoms with Crippen LogP contribution in [0.3, 0.4) is 0 Å². The molecule has 0 radical (unpaired) electrons. The van der Waals surface area contributed by atoms with Crippen LogP contribution in [-0.2, 0) is 9.53 Å². The minimum atomic E-state index is -2.52. The molecule has 1 atom stereocenters. The van der Waals surface area contributed by atoms with Crippen molar-refractivity contribution in [3.05, 3.63) is 0 Å². The number of esters is 1. The van der Waals surface area contributed by atoms with E-state index in [1.54, 1.807) is 6.92 Å². The zero-order chi connectivity index (χ0) is 12.6. The highest BCUT2D eigenvalue weighted by molar-refractivity contribution is 7.99. The number of unbranched alkanes of at least 4 members (excludes halogenated alkanes) is 1. The number of hydrogen-bond donors (Lipinski definition) is 0. The lowest BCUT2D eigenvalue weighted by atomic mass is 10.1. The fourth-order valence-corrected chi connectivity index (χ4v) is 2.09. The van der Waals surface area contributed by atoms with E-state index in [2.05, 4.69) is 0 Å². The van der Waals surface area contributed by atoms with Gasteiger partial charge < -0.3 is 4.74 Å². The average Bonchev–Trinajstić information content (AvgIpc) is 2.16. The average molecular weight is 254 g/mol. The van der Waals surface area contributed by atoms with Crippen LogP contribution in [0.5, 0.6) is 0 Å². The summed E-state index contributed by atoms with van der Waals surface area (Å²) >= 11 is 1.47. The number of halogens is 2. The Kier molecular flexibility index (Phi) is 7.72. The zero-order valence-electron chi connectivity index (χ0n) is 10.1. The van der Waals surface area contributed by atoms with Gasteiger partial charge in [-0.2, -0.15) is 0 Å². The summed E-state index contributed by atoms with van der Waals surface area (Å²) in [7, 11) is 0. The summed E-state index contributed by atoms with van der Waals surface area (Å²) in [4.78, 5) is 10.6. The normalized spacial score (nSPS) is 13.6. The van der Waals surface area contributed by atoms with Gasteiger partial charge in [0.05, 0.1) is 0 Å². The van der Waals surface area contributed by atoms with E-state index in [4.69, 9.17) is 4.74 Å². The topological polar surface area (TPSA) is 26.3 Å². The summed E-state index contributed by atoms with van der Waals surface area (Å²) in [6.07, 6.45) is 1.10. The van der Waals surface area contributed by atoms with Crippen LogP contribution in [0.15, 0.2) is 0 Å². The van der Waals surface area contributed by atoms with Crippen LogP contribution in [-0.4, -0.2) is 23.1 Å². The lowest BCUT2D eigenvalue weighted by Gasteiger charge is -2.14. The van der Waals surface area contributed by atoms with Crippen molar-refractivity contribution in [2.45, 2.75) is 57.8 Å². The molecule has 1 unspecified atom stereocenters. The molecule has 96 valence electrons. The van der Waals surface area contributed by atoms with Crippen molar-refractivity contribution in [2.75, 3.05) is 5.75 Å². The van der Waals surface area contributed by atoms with Gasteiger partial charge in [0.2, 0.25) is 5.92 Å². The Bertz CT molecular complexity index is 210. The quantitative estimate of drug-likeness (QED) is 0.374. The number of ether oxygens (including phenoxy) is 1. The van der Waals surface area contributed by atoms with Crippen molar-refractivity contribution < 1.29 is 18.3 Å². The Labute approximate surface area is 100 Å². The van der Waals surface area contributed by atoms with Crippen LogP contribution in [0.2, 0.25) is 0 Å². The summed E-state index contributed by atoms with van der Waals surface area (Å²) in [6.45, 7) is 4.64. The van der Waals surface area contributed by atoms with Crippen LogP contribution in [0.1, 0.15) is 46.5 Å². The molecule has 0 amide bonds. The zero-order valence-corrected chi connectivity index (χ0v) is 10.9. The number of carbonyl (C=O) groups excluding carboxylic acids is 1. The Morgan fingerprint density at radius 1 is 1.44 bits per heavy atom. The first-order valence-corrected chi connectivity index (χ1v) is 6.59. The largest absolute Gasteiger partial charge is 0.452 e. The van der Waals surface area contributed by atoms with Gasteiger partial charge in [-0.3, -0.25) is 4.79 Å². The SMILES string of the molecule is CCC(F)(F)CCCCSC(C)OC(C)=O. The second kappa shape index (κ2) is 7.87. The van der Waals surface area contributed by atoms with E-state index in [0.717, 1.165) is 12.2 Å². The highest BCUT2D eigenvalue weighted by Crippen LogP contribution is 2.25. The summed E-state index contributed by atoms with van der Waals surface area (Å²) in [5.74, 6) is -2.09. The molecule has 0 heterocycles. The van der Waals surface area contributed by atoms with Gasteiger partial charge in [-0.15, -0.1) is 11.8 Å². The van der Waals surface area contributed by atoms with Gasteiger partial charge in [-0.1, -0.05) is 6.92 Å². The Balaban J connectivity index is 3.43. The van der Waals surface area contributed by atoms with E-state index in [1.807, 2.05) is 0 Å². The van der Waals surface area contributed by atoms with Crippen molar-refractivity contribution in [3.8, 4) is 0 Å². The molecule has 2 nitrogen and oxygen atoms in total. The van der Waals surface area contributed by atoms with Gasteiger partial charge in [0.15, 0.2) is 0 Å². The first-order valence-electron chi connectivity index (χ1n) is 5.54.